The summed E-state index contributed by atoms with van der Waals surface area (Å²) in [5, 5.41) is 0. The number of nitrogens with zero attached hydrogens (tertiary/aromatic N) is 1. The van der Waals surface area contributed by atoms with E-state index in [1.165, 1.54) is 19.3 Å². The lowest BCUT2D eigenvalue weighted by Gasteiger charge is -2.23. The Bertz CT molecular complexity index is 226. The van der Waals surface area contributed by atoms with Gasteiger partial charge in [0, 0.05) is 19.0 Å². The molecule has 1 unspecified atom stereocenters. The SMILES string of the molecule is CCCCN(C(=O)CCC(C)CCN)C1CC1. The smallest absolute Gasteiger partial charge is 0.222 e. The normalized spacial score (nSPS) is 16.9. The van der Waals surface area contributed by atoms with E-state index in [4.69, 9.17) is 5.73 Å². The molecule has 3 heteroatoms. The van der Waals surface area contributed by atoms with Crippen LogP contribution < -0.4 is 5.73 Å². The van der Waals surface area contributed by atoms with Crippen molar-refractivity contribution in [1.82, 2.24) is 4.90 Å². The maximum Gasteiger partial charge on any atom is 0.222 e. The highest BCUT2D eigenvalue weighted by atomic mass is 16.2. The molecule has 1 aliphatic rings. The highest BCUT2D eigenvalue weighted by Gasteiger charge is 2.31. The van der Waals surface area contributed by atoms with Gasteiger partial charge < -0.3 is 10.6 Å². The molecule has 0 saturated heterocycles. The van der Waals surface area contributed by atoms with Gasteiger partial charge in [-0.2, -0.15) is 0 Å². The fraction of sp³-hybridized carbons (Fsp3) is 0.929. The fourth-order valence-electron chi connectivity index (χ4n) is 2.17. The average Bonchev–Trinajstić information content (AvgIpc) is 3.11. The van der Waals surface area contributed by atoms with E-state index in [9.17, 15) is 4.79 Å². The van der Waals surface area contributed by atoms with Gasteiger partial charge in [0.1, 0.15) is 0 Å². The third-order valence-electron chi connectivity index (χ3n) is 3.57. The minimum absolute atomic E-state index is 0.366. The number of amides is 1. The second-order valence-corrected chi connectivity index (χ2v) is 5.39. The first-order valence-corrected chi connectivity index (χ1v) is 7.18. The maximum absolute atomic E-state index is 12.1. The molecule has 100 valence electrons. The standard InChI is InChI=1S/C14H28N2O/c1-3-4-11-16(13-6-7-13)14(17)8-5-12(2)9-10-15/h12-13H,3-11,15H2,1-2H3. The predicted molar refractivity (Wildman–Crippen MR) is 71.7 cm³/mol. The van der Waals surface area contributed by atoms with E-state index in [1.807, 2.05) is 0 Å². The summed E-state index contributed by atoms with van der Waals surface area (Å²) in [5.74, 6) is 0.945. The summed E-state index contributed by atoms with van der Waals surface area (Å²) in [6, 6.07) is 0.568. The summed E-state index contributed by atoms with van der Waals surface area (Å²) >= 11 is 0. The van der Waals surface area contributed by atoms with Crippen LogP contribution in [0.15, 0.2) is 0 Å². The number of rotatable bonds is 9. The number of hydrogen-bond acceptors (Lipinski definition) is 2. The Labute approximate surface area is 106 Å². The Balaban J connectivity index is 2.27. The molecular formula is C14H28N2O. The summed E-state index contributed by atoms with van der Waals surface area (Å²) < 4.78 is 0. The summed E-state index contributed by atoms with van der Waals surface area (Å²) in [7, 11) is 0. The van der Waals surface area contributed by atoms with Crippen molar-refractivity contribution in [3.05, 3.63) is 0 Å². The monoisotopic (exact) mass is 240 g/mol. The third kappa shape index (κ3) is 5.53. The van der Waals surface area contributed by atoms with Crippen molar-refractivity contribution in [2.24, 2.45) is 11.7 Å². The topological polar surface area (TPSA) is 46.3 Å². The molecule has 0 aromatic rings. The van der Waals surface area contributed by atoms with Gasteiger partial charge in [0.2, 0.25) is 5.91 Å². The number of unbranched alkanes of at least 4 members (excludes halogenated alkanes) is 1. The van der Waals surface area contributed by atoms with Crippen molar-refractivity contribution in [3.8, 4) is 0 Å². The molecule has 1 saturated carbocycles. The molecule has 0 bridgehead atoms. The zero-order chi connectivity index (χ0) is 12.7. The van der Waals surface area contributed by atoms with Gasteiger partial charge in [-0.05, 0) is 44.6 Å². The van der Waals surface area contributed by atoms with Crippen LogP contribution in [0.2, 0.25) is 0 Å². The van der Waals surface area contributed by atoms with E-state index in [0.717, 1.165) is 32.4 Å². The van der Waals surface area contributed by atoms with Gasteiger partial charge >= 0.3 is 0 Å². The van der Waals surface area contributed by atoms with Crippen LogP contribution in [0, 0.1) is 5.92 Å². The van der Waals surface area contributed by atoms with Crippen LogP contribution in [-0.4, -0.2) is 29.9 Å². The Morgan fingerprint density at radius 3 is 2.65 bits per heavy atom. The molecular weight excluding hydrogens is 212 g/mol. The summed E-state index contributed by atoms with van der Waals surface area (Å²) in [6.07, 6.45) is 7.47. The molecule has 3 nitrogen and oxygen atoms in total. The first-order valence-electron chi connectivity index (χ1n) is 7.18. The van der Waals surface area contributed by atoms with Gasteiger partial charge in [-0.3, -0.25) is 4.79 Å². The Kier molecular flexibility index (Phi) is 6.56. The van der Waals surface area contributed by atoms with Gasteiger partial charge in [-0.1, -0.05) is 20.3 Å². The van der Waals surface area contributed by atoms with Gasteiger partial charge in [0.15, 0.2) is 0 Å². The summed E-state index contributed by atoms with van der Waals surface area (Å²) in [5.41, 5.74) is 5.52. The molecule has 0 heterocycles. The number of carbonyl (C=O) groups is 1. The summed E-state index contributed by atoms with van der Waals surface area (Å²) in [4.78, 5) is 14.3. The van der Waals surface area contributed by atoms with Crippen LogP contribution in [0.5, 0.6) is 0 Å². The zero-order valence-corrected chi connectivity index (χ0v) is 11.5. The van der Waals surface area contributed by atoms with Crippen molar-refractivity contribution >= 4 is 5.91 Å². The van der Waals surface area contributed by atoms with Crippen molar-refractivity contribution in [3.63, 3.8) is 0 Å². The van der Waals surface area contributed by atoms with E-state index in [1.54, 1.807) is 0 Å². The van der Waals surface area contributed by atoms with E-state index in [2.05, 4.69) is 18.7 Å². The lowest BCUT2D eigenvalue weighted by atomic mass is 10.0. The second-order valence-electron chi connectivity index (χ2n) is 5.39. The van der Waals surface area contributed by atoms with Crippen molar-refractivity contribution in [1.29, 1.82) is 0 Å². The number of hydrogen-bond donors (Lipinski definition) is 1. The van der Waals surface area contributed by atoms with Crippen LogP contribution >= 0.6 is 0 Å². The molecule has 1 fully saturated rings. The minimum atomic E-state index is 0.366. The van der Waals surface area contributed by atoms with Gasteiger partial charge in [-0.25, -0.2) is 0 Å². The Morgan fingerprint density at radius 2 is 2.12 bits per heavy atom. The quantitative estimate of drug-likeness (QED) is 0.673. The van der Waals surface area contributed by atoms with Crippen LogP contribution in [0.1, 0.15) is 58.8 Å². The average molecular weight is 240 g/mol. The lowest BCUT2D eigenvalue weighted by molar-refractivity contribution is -0.132. The molecule has 2 N–H and O–H groups in total. The molecule has 0 aromatic heterocycles. The molecule has 1 rings (SSSR count). The lowest BCUT2D eigenvalue weighted by Crippen LogP contribution is -2.34. The van der Waals surface area contributed by atoms with Crippen molar-refractivity contribution < 1.29 is 4.79 Å². The van der Waals surface area contributed by atoms with E-state index in [-0.39, 0.29) is 0 Å². The molecule has 0 aliphatic heterocycles. The van der Waals surface area contributed by atoms with Crippen LogP contribution in [0.3, 0.4) is 0 Å². The number of carbonyl (C=O) groups excluding carboxylic acids is 1. The molecule has 0 radical (unpaired) electrons. The van der Waals surface area contributed by atoms with Gasteiger partial charge in [-0.15, -0.1) is 0 Å². The molecule has 0 spiro atoms. The van der Waals surface area contributed by atoms with E-state index >= 15 is 0 Å². The summed E-state index contributed by atoms with van der Waals surface area (Å²) in [6.45, 7) is 6.06. The first kappa shape index (κ1) is 14.5. The van der Waals surface area contributed by atoms with Crippen molar-refractivity contribution in [2.75, 3.05) is 13.1 Å². The van der Waals surface area contributed by atoms with Crippen molar-refractivity contribution in [2.45, 2.75) is 64.8 Å². The van der Waals surface area contributed by atoms with Crippen LogP contribution in [0.4, 0.5) is 0 Å². The Hall–Kier alpha value is -0.570. The largest absolute Gasteiger partial charge is 0.340 e. The molecule has 17 heavy (non-hydrogen) atoms. The zero-order valence-electron chi connectivity index (χ0n) is 11.5. The second kappa shape index (κ2) is 7.70. The van der Waals surface area contributed by atoms with Crippen LogP contribution in [-0.2, 0) is 4.79 Å². The van der Waals surface area contributed by atoms with Gasteiger partial charge in [0.25, 0.3) is 0 Å². The predicted octanol–water partition coefficient (Wildman–Crippen LogP) is 2.54. The van der Waals surface area contributed by atoms with Gasteiger partial charge in [0.05, 0.1) is 0 Å². The van der Waals surface area contributed by atoms with E-state index < -0.39 is 0 Å². The van der Waals surface area contributed by atoms with E-state index in [0.29, 0.717) is 24.3 Å². The Morgan fingerprint density at radius 1 is 1.41 bits per heavy atom. The highest BCUT2D eigenvalue weighted by Crippen LogP contribution is 2.28. The molecule has 1 atom stereocenters. The third-order valence-corrected chi connectivity index (χ3v) is 3.57. The molecule has 1 amide bonds. The highest BCUT2D eigenvalue weighted by molar-refractivity contribution is 5.76. The first-order chi connectivity index (χ1) is 8.19. The maximum atomic E-state index is 12.1. The van der Waals surface area contributed by atoms with Crippen LogP contribution in [0.25, 0.3) is 0 Å². The fourth-order valence-corrected chi connectivity index (χ4v) is 2.17. The molecule has 0 aromatic carbocycles. The minimum Gasteiger partial charge on any atom is -0.340 e. The molecule has 1 aliphatic carbocycles. The number of nitrogens with two attached hydrogens (primary N) is 1.